The van der Waals surface area contributed by atoms with Crippen molar-refractivity contribution in [1.82, 2.24) is 20.3 Å². The van der Waals surface area contributed by atoms with Crippen LogP contribution in [0.25, 0.3) is 11.3 Å². The fourth-order valence-corrected chi connectivity index (χ4v) is 2.69. The van der Waals surface area contributed by atoms with Crippen molar-refractivity contribution in [2.24, 2.45) is 0 Å². The van der Waals surface area contributed by atoms with E-state index in [9.17, 15) is 4.79 Å². The van der Waals surface area contributed by atoms with Crippen molar-refractivity contribution in [2.45, 2.75) is 25.4 Å². The van der Waals surface area contributed by atoms with Crippen LogP contribution in [0.1, 0.15) is 28.8 Å². The number of hydrogen-bond acceptors (Lipinski definition) is 6. The Kier molecular flexibility index (Phi) is 4.65. The van der Waals surface area contributed by atoms with Gasteiger partial charge in [-0.1, -0.05) is 18.2 Å². The smallest absolute Gasteiger partial charge is 0.251 e. The summed E-state index contributed by atoms with van der Waals surface area (Å²) in [4.78, 5) is 24.7. The molecule has 0 atom stereocenters. The van der Waals surface area contributed by atoms with Gasteiger partial charge in [-0.25, -0.2) is 4.98 Å². The number of nitrogens with one attached hydrogen (secondary N) is 2. The summed E-state index contributed by atoms with van der Waals surface area (Å²) >= 11 is 0. The van der Waals surface area contributed by atoms with E-state index in [-0.39, 0.29) is 11.9 Å². The third-order valence-electron chi connectivity index (χ3n) is 4.30. The van der Waals surface area contributed by atoms with E-state index in [1.165, 1.54) is 0 Å². The Balaban J connectivity index is 1.49. The first-order chi connectivity index (χ1) is 13.2. The summed E-state index contributed by atoms with van der Waals surface area (Å²) in [6.07, 6.45) is 5.67. The molecule has 2 heterocycles. The highest BCUT2D eigenvalue weighted by molar-refractivity contribution is 5.95. The second-order valence-corrected chi connectivity index (χ2v) is 6.54. The van der Waals surface area contributed by atoms with Crippen molar-refractivity contribution < 1.29 is 4.79 Å². The minimum Gasteiger partial charge on any atom is -0.368 e. The summed E-state index contributed by atoms with van der Waals surface area (Å²) in [7, 11) is 0. The highest BCUT2D eigenvalue weighted by Gasteiger charge is 2.23. The van der Waals surface area contributed by atoms with E-state index in [0.717, 1.165) is 24.0 Å². The van der Waals surface area contributed by atoms with E-state index in [1.807, 2.05) is 30.3 Å². The number of rotatable bonds is 6. The third-order valence-corrected chi connectivity index (χ3v) is 4.30. The van der Waals surface area contributed by atoms with Gasteiger partial charge < -0.3 is 16.4 Å². The summed E-state index contributed by atoms with van der Waals surface area (Å²) in [6, 6.07) is 13.4. The van der Waals surface area contributed by atoms with E-state index in [1.54, 1.807) is 24.5 Å². The molecule has 2 aromatic heterocycles. The Morgan fingerprint density at radius 3 is 2.67 bits per heavy atom. The van der Waals surface area contributed by atoms with Gasteiger partial charge in [0.1, 0.15) is 5.82 Å². The normalized spacial score (nSPS) is 13.2. The van der Waals surface area contributed by atoms with Crippen LogP contribution in [0.15, 0.2) is 54.9 Å². The van der Waals surface area contributed by atoms with Crippen molar-refractivity contribution in [1.29, 1.82) is 0 Å². The second-order valence-electron chi connectivity index (χ2n) is 6.54. The third kappa shape index (κ3) is 4.38. The Morgan fingerprint density at radius 2 is 1.96 bits per heavy atom. The second kappa shape index (κ2) is 7.41. The number of pyridine rings is 1. The predicted octanol–water partition coefficient (Wildman–Crippen LogP) is 2.63. The van der Waals surface area contributed by atoms with Gasteiger partial charge >= 0.3 is 0 Å². The fraction of sp³-hybridized carbons (Fsp3) is 0.200. The largest absolute Gasteiger partial charge is 0.368 e. The fourth-order valence-electron chi connectivity index (χ4n) is 2.69. The molecule has 1 amide bonds. The first kappa shape index (κ1) is 17.0. The van der Waals surface area contributed by atoms with Gasteiger partial charge in [0.15, 0.2) is 0 Å². The SMILES string of the molecule is Nc1nc(NCc2cccnc2)cc(-c2ccc(C(=O)NC3CC3)cc2)n1. The van der Waals surface area contributed by atoms with Crippen LogP contribution < -0.4 is 16.4 Å². The zero-order chi connectivity index (χ0) is 18.6. The lowest BCUT2D eigenvalue weighted by molar-refractivity contribution is 0.0951. The molecule has 0 radical (unpaired) electrons. The molecule has 4 N–H and O–H groups in total. The molecule has 0 unspecified atom stereocenters. The molecule has 136 valence electrons. The van der Waals surface area contributed by atoms with Crippen molar-refractivity contribution in [3.05, 3.63) is 66.0 Å². The molecule has 7 heteroatoms. The zero-order valence-electron chi connectivity index (χ0n) is 14.7. The van der Waals surface area contributed by atoms with E-state index in [4.69, 9.17) is 5.73 Å². The summed E-state index contributed by atoms with van der Waals surface area (Å²) in [5.41, 5.74) is 9.12. The van der Waals surface area contributed by atoms with Crippen molar-refractivity contribution in [3.8, 4) is 11.3 Å². The number of nitrogen functional groups attached to an aromatic ring is 1. The lowest BCUT2D eigenvalue weighted by atomic mass is 10.1. The summed E-state index contributed by atoms with van der Waals surface area (Å²) in [5.74, 6) is 0.790. The molecule has 0 bridgehead atoms. The standard InChI is InChI=1S/C20H20N6O/c21-20-25-17(10-18(26-20)23-12-13-2-1-9-22-11-13)14-3-5-15(6-4-14)19(27)24-16-7-8-16/h1-6,9-11,16H,7-8,12H2,(H,24,27)(H3,21,23,25,26). The first-order valence-corrected chi connectivity index (χ1v) is 8.86. The number of aromatic nitrogens is 3. The number of amides is 1. The molecule has 7 nitrogen and oxygen atoms in total. The zero-order valence-corrected chi connectivity index (χ0v) is 14.7. The highest BCUT2D eigenvalue weighted by Crippen LogP contribution is 2.23. The predicted molar refractivity (Wildman–Crippen MR) is 104 cm³/mol. The van der Waals surface area contributed by atoms with Gasteiger partial charge in [0.25, 0.3) is 5.91 Å². The Bertz CT molecular complexity index is 938. The van der Waals surface area contributed by atoms with Crippen LogP contribution >= 0.6 is 0 Å². The van der Waals surface area contributed by atoms with Crippen LogP contribution in [0.3, 0.4) is 0 Å². The van der Waals surface area contributed by atoms with Crippen molar-refractivity contribution in [3.63, 3.8) is 0 Å². The number of carbonyl (C=O) groups is 1. The lowest BCUT2D eigenvalue weighted by Gasteiger charge is -2.09. The molecule has 3 aromatic rings. The molecule has 1 aromatic carbocycles. The van der Waals surface area contributed by atoms with Gasteiger partial charge in [0, 0.05) is 42.2 Å². The van der Waals surface area contributed by atoms with Crippen molar-refractivity contribution in [2.75, 3.05) is 11.1 Å². The highest BCUT2D eigenvalue weighted by atomic mass is 16.1. The quantitative estimate of drug-likeness (QED) is 0.624. The molecule has 0 aliphatic heterocycles. The Morgan fingerprint density at radius 1 is 1.15 bits per heavy atom. The van der Waals surface area contributed by atoms with Gasteiger partial charge in [-0.2, -0.15) is 4.98 Å². The van der Waals surface area contributed by atoms with Crippen molar-refractivity contribution >= 4 is 17.7 Å². The molecule has 4 rings (SSSR count). The summed E-state index contributed by atoms with van der Waals surface area (Å²) in [6.45, 7) is 0.587. The van der Waals surface area contributed by atoms with E-state index in [0.29, 0.717) is 29.7 Å². The Labute approximate surface area is 157 Å². The van der Waals surface area contributed by atoms with Crippen LogP contribution in [0.4, 0.5) is 11.8 Å². The maximum absolute atomic E-state index is 12.1. The van der Waals surface area contributed by atoms with E-state index >= 15 is 0 Å². The van der Waals surface area contributed by atoms with Gasteiger partial charge in [0.05, 0.1) is 5.69 Å². The lowest BCUT2D eigenvalue weighted by Crippen LogP contribution is -2.25. The van der Waals surface area contributed by atoms with Gasteiger partial charge in [-0.15, -0.1) is 0 Å². The summed E-state index contributed by atoms with van der Waals surface area (Å²) < 4.78 is 0. The Hall–Kier alpha value is -3.48. The maximum Gasteiger partial charge on any atom is 0.251 e. The molecule has 1 saturated carbocycles. The van der Waals surface area contributed by atoms with Crippen LogP contribution in [0, 0.1) is 0 Å². The van der Waals surface area contributed by atoms with Crippen LogP contribution in [-0.2, 0) is 6.54 Å². The number of carbonyl (C=O) groups excluding carboxylic acids is 1. The van der Waals surface area contributed by atoms with Crippen LogP contribution in [-0.4, -0.2) is 26.9 Å². The minimum atomic E-state index is -0.0370. The van der Waals surface area contributed by atoms with E-state index in [2.05, 4.69) is 25.6 Å². The number of hydrogen-bond donors (Lipinski definition) is 3. The van der Waals surface area contributed by atoms with Crippen LogP contribution in [0.2, 0.25) is 0 Å². The molecule has 27 heavy (non-hydrogen) atoms. The number of anilines is 2. The monoisotopic (exact) mass is 360 g/mol. The molecular weight excluding hydrogens is 340 g/mol. The molecule has 1 fully saturated rings. The molecular formula is C20H20N6O. The number of nitrogens with two attached hydrogens (primary N) is 1. The number of benzene rings is 1. The minimum absolute atomic E-state index is 0.0370. The molecule has 0 saturated heterocycles. The molecule has 0 spiro atoms. The van der Waals surface area contributed by atoms with Gasteiger partial charge in [-0.05, 0) is 36.6 Å². The maximum atomic E-state index is 12.1. The first-order valence-electron chi connectivity index (χ1n) is 8.86. The van der Waals surface area contributed by atoms with Gasteiger partial charge in [-0.3, -0.25) is 9.78 Å². The van der Waals surface area contributed by atoms with Crippen LogP contribution in [0.5, 0.6) is 0 Å². The molecule has 1 aliphatic carbocycles. The molecule has 1 aliphatic rings. The van der Waals surface area contributed by atoms with E-state index < -0.39 is 0 Å². The number of nitrogens with zero attached hydrogens (tertiary/aromatic N) is 3. The summed E-state index contributed by atoms with van der Waals surface area (Å²) in [5, 5.41) is 6.22. The topological polar surface area (TPSA) is 106 Å². The average molecular weight is 360 g/mol. The average Bonchev–Trinajstić information content (AvgIpc) is 3.51. The van der Waals surface area contributed by atoms with Gasteiger partial charge in [0.2, 0.25) is 5.95 Å².